The fraction of sp³-hybridized carbons (Fsp3) is 0.267. The van der Waals surface area contributed by atoms with Gasteiger partial charge in [0.15, 0.2) is 0 Å². The van der Waals surface area contributed by atoms with E-state index in [-0.39, 0.29) is 0 Å². The van der Waals surface area contributed by atoms with Crippen molar-refractivity contribution in [1.82, 2.24) is 4.98 Å². The molecule has 0 spiro atoms. The highest BCUT2D eigenvalue weighted by Crippen LogP contribution is 2.19. The Bertz CT molecular complexity index is 518. The Balaban J connectivity index is 2.13. The van der Waals surface area contributed by atoms with Crippen LogP contribution in [0.2, 0.25) is 0 Å². The van der Waals surface area contributed by atoms with E-state index in [9.17, 15) is 0 Å². The highest BCUT2D eigenvalue weighted by molar-refractivity contribution is 5.54. The fourth-order valence-corrected chi connectivity index (χ4v) is 1.81. The molecule has 2 aromatic rings. The number of pyridine rings is 1. The van der Waals surface area contributed by atoms with Crippen molar-refractivity contribution in [2.45, 2.75) is 27.3 Å². The maximum atomic E-state index is 4.16. The van der Waals surface area contributed by atoms with Crippen LogP contribution in [0.3, 0.4) is 0 Å². The third kappa shape index (κ3) is 2.64. The lowest BCUT2D eigenvalue weighted by molar-refractivity contribution is 1.07. The minimum absolute atomic E-state index is 0.823. The van der Waals surface area contributed by atoms with Crippen molar-refractivity contribution in [1.29, 1.82) is 0 Å². The van der Waals surface area contributed by atoms with Crippen LogP contribution in [0.1, 0.15) is 22.3 Å². The molecule has 0 amide bonds. The van der Waals surface area contributed by atoms with E-state index < -0.39 is 0 Å². The first kappa shape index (κ1) is 11.6. The van der Waals surface area contributed by atoms with E-state index in [0.29, 0.717) is 0 Å². The lowest BCUT2D eigenvalue weighted by Crippen LogP contribution is -2.03. The molecule has 0 aliphatic heterocycles. The monoisotopic (exact) mass is 226 g/mol. The number of nitrogens with one attached hydrogen (secondary N) is 1. The first-order valence-corrected chi connectivity index (χ1v) is 5.88. The molecule has 1 aromatic heterocycles. The summed E-state index contributed by atoms with van der Waals surface area (Å²) in [6.07, 6.45) is 3.75. The number of hydrogen-bond acceptors (Lipinski definition) is 2. The number of aromatic nitrogens is 1. The summed E-state index contributed by atoms with van der Waals surface area (Å²) in [5.41, 5.74) is 6.35. The molecular weight excluding hydrogens is 208 g/mol. The second-order valence-electron chi connectivity index (χ2n) is 4.40. The molecule has 1 heterocycles. The summed E-state index contributed by atoms with van der Waals surface area (Å²) in [5, 5.41) is 3.47. The predicted molar refractivity (Wildman–Crippen MR) is 72.2 cm³/mol. The number of rotatable bonds is 3. The molecule has 0 saturated carbocycles. The molecule has 88 valence electrons. The van der Waals surface area contributed by atoms with Gasteiger partial charge in [0.05, 0.1) is 0 Å². The van der Waals surface area contributed by atoms with E-state index in [1.165, 1.54) is 27.9 Å². The van der Waals surface area contributed by atoms with Crippen LogP contribution >= 0.6 is 0 Å². The third-order valence-electron chi connectivity index (χ3n) is 3.22. The van der Waals surface area contributed by atoms with Crippen molar-refractivity contribution in [3.8, 4) is 0 Å². The van der Waals surface area contributed by atoms with Gasteiger partial charge in [0.1, 0.15) is 0 Å². The fourth-order valence-electron chi connectivity index (χ4n) is 1.81. The highest BCUT2D eigenvalue weighted by Gasteiger charge is 2.01. The average Bonchev–Trinajstić information content (AvgIpc) is 2.33. The van der Waals surface area contributed by atoms with E-state index in [2.05, 4.69) is 49.3 Å². The summed E-state index contributed by atoms with van der Waals surface area (Å²) in [5.74, 6) is 0. The Morgan fingerprint density at radius 2 is 1.88 bits per heavy atom. The lowest BCUT2D eigenvalue weighted by atomic mass is 10.1. The maximum absolute atomic E-state index is 4.16. The van der Waals surface area contributed by atoms with E-state index in [1.54, 1.807) is 0 Å². The summed E-state index contributed by atoms with van der Waals surface area (Å²) in [4.78, 5) is 4.16. The van der Waals surface area contributed by atoms with Crippen molar-refractivity contribution < 1.29 is 0 Å². The zero-order valence-electron chi connectivity index (χ0n) is 10.6. The van der Waals surface area contributed by atoms with Gasteiger partial charge in [-0.3, -0.25) is 4.98 Å². The molecule has 1 aromatic carbocycles. The number of hydrogen-bond donors (Lipinski definition) is 1. The first-order valence-electron chi connectivity index (χ1n) is 5.88. The van der Waals surface area contributed by atoms with Crippen LogP contribution in [-0.4, -0.2) is 4.98 Å². The summed E-state index contributed by atoms with van der Waals surface area (Å²) in [6, 6.07) is 8.38. The van der Waals surface area contributed by atoms with Gasteiger partial charge in [-0.15, -0.1) is 0 Å². The average molecular weight is 226 g/mol. The molecule has 0 fully saturated rings. The van der Waals surface area contributed by atoms with E-state index in [1.807, 2.05) is 18.5 Å². The third-order valence-corrected chi connectivity index (χ3v) is 3.22. The molecule has 0 atom stereocenters. The Morgan fingerprint density at radius 3 is 2.65 bits per heavy atom. The molecule has 0 aliphatic rings. The molecule has 1 N–H and O–H groups in total. The minimum Gasteiger partial charge on any atom is -0.381 e. The van der Waals surface area contributed by atoms with Gasteiger partial charge in [-0.2, -0.15) is 0 Å². The Morgan fingerprint density at radius 1 is 1.06 bits per heavy atom. The molecule has 17 heavy (non-hydrogen) atoms. The van der Waals surface area contributed by atoms with E-state index in [0.717, 1.165) is 6.54 Å². The van der Waals surface area contributed by atoms with Gasteiger partial charge in [0, 0.05) is 24.6 Å². The zero-order chi connectivity index (χ0) is 12.3. The normalized spacial score (nSPS) is 10.3. The molecule has 2 rings (SSSR count). The van der Waals surface area contributed by atoms with Crippen LogP contribution < -0.4 is 5.32 Å². The second kappa shape index (κ2) is 5.00. The zero-order valence-corrected chi connectivity index (χ0v) is 10.6. The molecule has 0 saturated heterocycles. The largest absolute Gasteiger partial charge is 0.381 e. The molecule has 0 bridgehead atoms. The summed E-state index contributed by atoms with van der Waals surface area (Å²) in [7, 11) is 0. The van der Waals surface area contributed by atoms with Gasteiger partial charge in [0.25, 0.3) is 0 Å². The van der Waals surface area contributed by atoms with E-state index in [4.69, 9.17) is 0 Å². The lowest BCUT2D eigenvalue weighted by Gasteiger charge is -2.12. The van der Waals surface area contributed by atoms with Gasteiger partial charge < -0.3 is 5.32 Å². The van der Waals surface area contributed by atoms with Crippen molar-refractivity contribution in [3.63, 3.8) is 0 Å². The summed E-state index contributed by atoms with van der Waals surface area (Å²) >= 11 is 0. The van der Waals surface area contributed by atoms with Gasteiger partial charge >= 0.3 is 0 Å². The Hall–Kier alpha value is -1.83. The molecule has 0 unspecified atom stereocenters. The van der Waals surface area contributed by atoms with Crippen LogP contribution in [0.5, 0.6) is 0 Å². The molecule has 2 nitrogen and oxygen atoms in total. The van der Waals surface area contributed by atoms with Crippen LogP contribution in [0.25, 0.3) is 0 Å². The maximum Gasteiger partial charge on any atom is 0.0418 e. The second-order valence-corrected chi connectivity index (χ2v) is 4.40. The van der Waals surface area contributed by atoms with Gasteiger partial charge in [-0.05, 0) is 55.2 Å². The van der Waals surface area contributed by atoms with E-state index >= 15 is 0 Å². The first-order chi connectivity index (χ1) is 8.18. The number of anilines is 1. The van der Waals surface area contributed by atoms with Crippen LogP contribution in [-0.2, 0) is 6.54 Å². The van der Waals surface area contributed by atoms with Crippen molar-refractivity contribution in [2.75, 3.05) is 5.32 Å². The standard InChI is InChI=1S/C15H18N2/c1-11-5-4-6-15(13(11)3)17-10-14-9-16-8-7-12(14)2/h4-9,17H,10H2,1-3H3. The number of benzene rings is 1. The molecule has 0 aliphatic carbocycles. The van der Waals surface area contributed by atoms with Crippen molar-refractivity contribution >= 4 is 5.69 Å². The van der Waals surface area contributed by atoms with Crippen molar-refractivity contribution in [2.24, 2.45) is 0 Å². The SMILES string of the molecule is Cc1ccncc1CNc1cccc(C)c1C. The van der Waals surface area contributed by atoms with Crippen LogP contribution in [0.4, 0.5) is 5.69 Å². The molecule has 0 radical (unpaired) electrons. The smallest absolute Gasteiger partial charge is 0.0418 e. The van der Waals surface area contributed by atoms with Gasteiger partial charge in [0.2, 0.25) is 0 Å². The van der Waals surface area contributed by atoms with Gasteiger partial charge in [-0.25, -0.2) is 0 Å². The Labute approximate surface area is 103 Å². The van der Waals surface area contributed by atoms with Gasteiger partial charge in [-0.1, -0.05) is 12.1 Å². The van der Waals surface area contributed by atoms with Crippen LogP contribution in [0.15, 0.2) is 36.7 Å². The Kier molecular flexibility index (Phi) is 3.43. The predicted octanol–water partition coefficient (Wildman–Crippen LogP) is 3.62. The molecule has 2 heteroatoms. The summed E-state index contributed by atoms with van der Waals surface area (Å²) in [6.45, 7) is 7.22. The van der Waals surface area contributed by atoms with Crippen molar-refractivity contribution in [3.05, 3.63) is 58.9 Å². The van der Waals surface area contributed by atoms with Crippen LogP contribution in [0, 0.1) is 20.8 Å². The number of aryl methyl sites for hydroxylation is 2. The topological polar surface area (TPSA) is 24.9 Å². The highest BCUT2D eigenvalue weighted by atomic mass is 14.9. The quantitative estimate of drug-likeness (QED) is 0.864. The number of nitrogens with zero attached hydrogens (tertiary/aromatic N) is 1. The minimum atomic E-state index is 0.823. The summed E-state index contributed by atoms with van der Waals surface area (Å²) < 4.78 is 0. The molecular formula is C15H18N2.